The van der Waals surface area contributed by atoms with Crippen molar-refractivity contribution in [3.8, 4) is 0 Å². The summed E-state index contributed by atoms with van der Waals surface area (Å²) in [6, 6.07) is 15.3. The van der Waals surface area contributed by atoms with Gasteiger partial charge in [0, 0.05) is 24.8 Å². The van der Waals surface area contributed by atoms with Gasteiger partial charge in [0.25, 0.3) is 5.91 Å². The highest BCUT2D eigenvalue weighted by Crippen LogP contribution is 2.21. The van der Waals surface area contributed by atoms with E-state index in [2.05, 4.69) is 4.99 Å². The van der Waals surface area contributed by atoms with Crippen molar-refractivity contribution in [1.29, 1.82) is 0 Å². The molecule has 3 rings (SSSR count). The predicted molar refractivity (Wildman–Crippen MR) is 103 cm³/mol. The van der Waals surface area contributed by atoms with Crippen LogP contribution in [0.2, 0.25) is 5.02 Å². The van der Waals surface area contributed by atoms with Gasteiger partial charge in [0.15, 0.2) is 4.80 Å². The smallest absolute Gasteiger partial charge is 0.272 e. The molecule has 0 saturated carbocycles. The zero-order valence-corrected chi connectivity index (χ0v) is 15.3. The van der Waals surface area contributed by atoms with Crippen LogP contribution in [0.1, 0.15) is 5.56 Å². The van der Waals surface area contributed by atoms with Gasteiger partial charge >= 0.3 is 0 Å². The molecule has 0 fully saturated rings. The minimum atomic E-state index is -0.298. The summed E-state index contributed by atoms with van der Waals surface area (Å²) in [4.78, 5) is 17.1. The van der Waals surface area contributed by atoms with Crippen LogP contribution in [0.5, 0.6) is 0 Å². The van der Waals surface area contributed by atoms with Crippen molar-refractivity contribution in [1.82, 2.24) is 4.57 Å². The van der Waals surface area contributed by atoms with Gasteiger partial charge in [-0.25, -0.2) is 0 Å². The van der Waals surface area contributed by atoms with E-state index < -0.39 is 0 Å². The highest BCUT2D eigenvalue weighted by Gasteiger charge is 2.07. The monoisotopic (exact) mass is 372 g/mol. The van der Waals surface area contributed by atoms with Crippen LogP contribution < -0.4 is 4.80 Å². The number of halogens is 1. The van der Waals surface area contributed by atoms with E-state index in [9.17, 15) is 4.79 Å². The third-order valence-electron chi connectivity index (χ3n) is 3.59. The van der Waals surface area contributed by atoms with Crippen LogP contribution >= 0.6 is 22.9 Å². The number of rotatable bonds is 5. The van der Waals surface area contributed by atoms with E-state index in [0.717, 1.165) is 15.8 Å². The van der Waals surface area contributed by atoms with Crippen LogP contribution in [0.25, 0.3) is 16.3 Å². The molecule has 3 aromatic rings. The first-order valence-corrected chi connectivity index (χ1v) is 8.96. The maximum Gasteiger partial charge on any atom is 0.272 e. The Kier molecular flexibility index (Phi) is 5.81. The molecule has 0 unspecified atom stereocenters. The number of nitrogens with zero attached hydrogens (tertiary/aromatic N) is 2. The Morgan fingerprint density at radius 1 is 1.28 bits per heavy atom. The number of methoxy groups -OCH3 is 1. The molecule has 128 valence electrons. The summed E-state index contributed by atoms with van der Waals surface area (Å²) in [6.45, 7) is 1.16. The number of amides is 1. The summed E-state index contributed by atoms with van der Waals surface area (Å²) in [5.74, 6) is -0.298. The highest BCUT2D eigenvalue weighted by atomic mass is 35.5. The predicted octanol–water partition coefficient (Wildman–Crippen LogP) is 4.14. The largest absolute Gasteiger partial charge is 0.383 e. The van der Waals surface area contributed by atoms with Gasteiger partial charge in [-0.3, -0.25) is 4.79 Å². The van der Waals surface area contributed by atoms with Crippen LogP contribution in [-0.4, -0.2) is 24.2 Å². The van der Waals surface area contributed by atoms with Gasteiger partial charge in [-0.05, 0) is 29.8 Å². The van der Waals surface area contributed by atoms with E-state index >= 15 is 0 Å². The fourth-order valence-electron chi connectivity index (χ4n) is 2.39. The summed E-state index contributed by atoms with van der Waals surface area (Å²) in [7, 11) is 1.65. The van der Waals surface area contributed by atoms with Gasteiger partial charge in [-0.1, -0.05) is 53.3 Å². The van der Waals surface area contributed by atoms with Crippen LogP contribution in [0.3, 0.4) is 0 Å². The molecule has 0 aliphatic rings. The first-order chi connectivity index (χ1) is 12.2. The molecule has 1 aromatic heterocycles. The number of fused-ring (bicyclic) bond motifs is 1. The van der Waals surface area contributed by atoms with E-state index in [1.54, 1.807) is 13.2 Å². The Bertz CT molecular complexity index is 974. The number of hydrogen-bond donors (Lipinski definition) is 0. The Labute approximate surface area is 154 Å². The van der Waals surface area contributed by atoms with Crippen molar-refractivity contribution in [3.05, 3.63) is 70.0 Å². The molecule has 1 heterocycles. The summed E-state index contributed by atoms with van der Waals surface area (Å²) in [5, 5.41) is 0.662. The second-order valence-corrected chi connectivity index (χ2v) is 6.78. The lowest BCUT2D eigenvalue weighted by atomic mass is 10.2. The Hall–Kier alpha value is -2.21. The van der Waals surface area contributed by atoms with E-state index in [0.29, 0.717) is 23.0 Å². The number of hydrogen-bond acceptors (Lipinski definition) is 3. The molecule has 0 aliphatic carbocycles. The number of carbonyl (C=O) groups excluding carboxylic acids is 1. The van der Waals surface area contributed by atoms with Crippen molar-refractivity contribution in [2.24, 2.45) is 4.99 Å². The molecule has 0 N–H and O–H groups in total. The summed E-state index contributed by atoms with van der Waals surface area (Å²) < 4.78 is 8.14. The zero-order valence-electron chi connectivity index (χ0n) is 13.7. The SMILES string of the molecule is COCCn1c(=NC(=O)C=Cc2ccccc2)sc2cc(Cl)ccc21. The zero-order chi connectivity index (χ0) is 17.6. The molecule has 0 bridgehead atoms. The minimum Gasteiger partial charge on any atom is -0.383 e. The lowest BCUT2D eigenvalue weighted by Gasteiger charge is -2.03. The average Bonchev–Trinajstić information content (AvgIpc) is 2.95. The standard InChI is InChI=1S/C19H17ClN2O2S/c1-24-12-11-22-16-9-8-15(20)13-17(16)25-19(22)21-18(23)10-7-14-5-3-2-4-6-14/h2-10,13H,11-12H2,1H3. The van der Waals surface area contributed by atoms with Gasteiger partial charge in [0.1, 0.15) is 0 Å². The molecule has 1 amide bonds. The summed E-state index contributed by atoms with van der Waals surface area (Å²) in [6.07, 6.45) is 3.24. The van der Waals surface area contributed by atoms with Gasteiger partial charge in [-0.2, -0.15) is 4.99 Å². The highest BCUT2D eigenvalue weighted by molar-refractivity contribution is 7.16. The van der Waals surface area contributed by atoms with Crippen LogP contribution in [-0.2, 0) is 16.1 Å². The lowest BCUT2D eigenvalue weighted by molar-refractivity contribution is -0.113. The summed E-state index contributed by atoms with van der Waals surface area (Å²) >= 11 is 7.51. The quantitative estimate of drug-likeness (QED) is 0.631. The number of thiazole rings is 1. The summed E-state index contributed by atoms with van der Waals surface area (Å²) in [5.41, 5.74) is 1.95. The van der Waals surface area contributed by atoms with Gasteiger partial charge in [0.05, 0.1) is 16.8 Å². The van der Waals surface area contributed by atoms with Crippen molar-refractivity contribution in [2.75, 3.05) is 13.7 Å². The third kappa shape index (κ3) is 4.45. The van der Waals surface area contributed by atoms with E-state index in [1.165, 1.54) is 17.4 Å². The first-order valence-electron chi connectivity index (χ1n) is 7.77. The molecule has 4 nitrogen and oxygen atoms in total. The number of carbonyl (C=O) groups is 1. The number of aromatic nitrogens is 1. The topological polar surface area (TPSA) is 43.6 Å². The van der Waals surface area contributed by atoms with Gasteiger partial charge < -0.3 is 9.30 Å². The molecule has 0 radical (unpaired) electrons. The van der Waals surface area contributed by atoms with E-state index in [-0.39, 0.29) is 5.91 Å². The molecule has 0 saturated heterocycles. The number of ether oxygens (including phenoxy) is 1. The molecule has 2 aromatic carbocycles. The van der Waals surface area contributed by atoms with Gasteiger partial charge in [-0.15, -0.1) is 0 Å². The lowest BCUT2D eigenvalue weighted by Crippen LogP contribution is -2.18. The second kappa shape index (κ2) is 8.25. The molecule has 6 heteroatoms. The number of benzene rings is 2. The Morgan fingerprint density at radius 3 is 2.84 bits per heavy atom. The molecular weight excluding hydrogens is 356 g/mol. The van der Waals surface area contributed by atoms with Crippen LogP contribution in [0.15, 0.2) is 59.6 Å². The minimum absolute atomic E-state index is 0.298. The molecule has 0 atom stereocenters. The first kappa shape index (κ1) is 17.6. The third-order valence-corrected chi connectivity index (χ3v) is 4.86. The normalized spacial score (nSPS) is 12.3. The fraction of sp³-hybridized carbons (Fsp3) is 0.158. The van der Waals surface area contributed by atoms with Crippen molar-refractivity contribution >= 4 is 45.1 Å². The Morgan fingerprint density at radius 2 is 2.08 bits per heavy atom. The second-order valence-electron chi connectivity index (χ2n) is 5.34. The Balaban J connectivity index is 1.96. The van der Waals surface area contributed by atoms with Crippen LogP contribution in [0.4, 0.5) is 0 Å². The van der Waals surface area contributed by atoms with Gasteiger partial charge in [0.2, 0.25) is 0 Å². The maximum absolute atomic E-state index is 12.2. The molecule has 0 spiro atoms. The van der Waals surface area contributed by atoms with Crippen molar-refractivity contribution in [2.45, 2.75) is 6.54 Å². The molecule has 0 aliphatic heterocycles. The molecular formula is C19H17ClN2O2S. The van der Waals surface area contributed by atoms with Crippen molar-refractivity contribution < 1.29 is 9.53 Å². The molecule has 25 heavy (non-hydrogen) atoms. The van der Waals surface area contributed by atoms with Crippen LogP contribution in [0, 0.1) is 0 Å². The average molecular weight is 373 g/mol. The van der Waals surface area contributed by atoms with E-state index in [1.807, 2.05) is 53.1 Å². The van der Waals surface area contributed by atoms with Crippen molar-refractivity contribution in [3.63, 3.8) is 0 Å². The fourth-order valence-corrected chi connectivity index (χ4v) is 3.73. The maximum atomic E-state index is 12.2. The van der Waals surface area contributed by atoms with E-state index in [4.69, 9.17) is 16.3 Å².